The molecule has 0 radical (unpaired) electrons. The maximum Gasteiger partial charge on any atom is 0.344 e. The molecule has 2 aromatic rings. The number of esters is 1. The zero-order chi connectivity index (χ0) is 26.1. The lowest BCUT2D eigenvalue weighted by Crippen LogP contribution is -2.10. The van der Waals surface area contributed by atoms with Crippen LogP contribution in [-0.2, 0) is 6.42 Å². The number of aryl methyl sites for hydroxylation is 1. The van der Waals surface area contributed by atoms with Crippen LogP contribution in [0.5, 0.6) is 11.5 Å². The van der Waals surface area contributed by atoms with E-state index in [1.54, 1.807) is 6.07 Å². The normalized spacial score (nSPS) is 14.0. The van der Waals surface area contributed by atoms with Crippen molar-refractivity contribution in [3.8, 4) is 11.5 Å². The number of ether oxygens (including phenoxy) is 2. The topological polar surface area (TPSA) is 35.5 Å². The highest BCUT2D eigenvalue weighted by atomic mass is 79.9. The van der Waals surface area contributed by atoms with Crippen LogP contribution in [0.4, 0.5) is 0 Å². The first-order valence-electron chi connectivity index (χ1n) is 14.9. The fraction of sp³-hybridized carbons (Fsp3) is 0.606. The summed E-state index contributed by atoms with van der Waals surface area (Å²) in [6.45, 7) is 2.97. The summed E-state index contributed by atoms with van der Waals surface area (Å²) in [4.78, 5) is 12.7. The summed E-state index contributed by atoms with van der Waals surface area (Å²) < 4.78 is 12.2. The molecule has 0 unspecified atom stereocenters. The minimum absolute atomic E-state index is 0.358. The number of rotatable bonds is 17. The minimum Gasteiger partial charge on any atom is -0.494 e. The molecule has 0 spiro atoms. The molecule has 4 heteroatoms. The van der Waals surface area contributed by atoms with Crippen molar-refractivity contribution in [2.75, 3.05) is 6.61 Å². The van der Waals surface area contributed by atoms with Crippen LogP contribution in [0.3, 0.4) is 0 Å². The van der Waals surface area contributed by atoms with E-state index in [9.17, 15) is 4.79 Å². The van der Waals surface area contributed by atoms with Crippen LogP contribution in [0, 0.1) is 5.92 Å². The van der Waals surface area contributed by atoms with Gasteiger partial charge < -0.3 is 9.47 Å². The number of benzene rings is 2. The third kappa shape index (κ3) is 11.6. The Kier molecular flexibility index (Phi) is 14.2. The van der Waals surface area contributed by atoms with Gasteiger partial charge in [0, 0.05) is 4.47 Å². The maximum atomic E-state index is 12.7. The highest BCUT2D eigenvalue weighted by Crippen LogP contribution is 2.28. The van der Waals surface area contributed by atoms with E-state index in [0.717, 1.165) is 24.5 Å². The molecule has 3 nitrogen and oxygen atoms in total. The largest absolute Gasteiger partial charge is 0.494 e. The third-order valence-electron chi connectivity index (χ3n) is 7.63. The van der Waals surface area contributed by atoms with Crippen molar-refractivity contribution in [2.24, 2.45) is 5.92 Å². The second kappa shape index (κ2) is 17.7. The Morgan fingerprint density at radius 1 is 0.811 bits per heavy atom. The van der Waals surface area contributed by atoms with Gasteiger partial charge in [0.25, 0.3) is 0 Å². The first-order chi connectivity index (χ1) is 18.2. The molecule has 2 aromatic carbocycles. The van der Waals surface area contributed by atoms with E-state index < -0.39 is 0 Å². The van der Waals surface area contributed by atoms with Crippen LogP contribution in [-0.4, -0.2) is 12.6 Å². The van der Waals surface area contributed by atoms with Gasteiger partial charge in [0.2, 0.25) is 0 Å². The summed E-state index contributed by atoms with van der Waals surface area (Å²) in [5, 5.41) is 0. The molecule has 0 amide bonds. The van der Waals surface area contributed by atoms with E-state index in [1.165, 1.54) is 102 Å². The standard InChI is InChI=1S/C33H47BrO3/c1-2-3-4-5-6-7-8-9-10-14-25-36-30-23-24-31(32(34)26-30)33(35)37-29-21-19-28(20-22-29)18-17-27-15-12-11-13-16-27/h19-24,26-27H,2-18,25H2,1H3. The van der Waals surface area contributed by atoms with Gasteiger partial charge in [-0.1, -0.05) is 109 Å². The van der Waals surface area contributed by atoms with Gasteiger partial charge in [0.05, 0.1) is 12.2 Å². The van der Waals surface area contributed by atoms with E-state index in [1.807, 2.05) is 24.3 Å². The molecule has 1 fully saturated rings. The Hall–Kier alpha value is -1.81. The summed E-state index contributed by atoms with van der Waals surface area (Å²) in [5.41, 5.74) is 1.82. The lowest BCUT2D eigenvalue weighted by molar-refractivity contribution is 0.0733. The Labute approximate surface area is 233 Å². The predicted molar refractivity (Wildman–Crippen MR) is 158 cm³/mol. The van der Waals surface area contributed by atoms with Crippen molar-refractivity contribution < 1.29 is 14.3 Å². The van der Waals surface area contributed by atoms with Gasteiger partial charge >= 0.3 is 5.97 Å². The number of carbonyl (C=O) groups is 1. The monoisotopic (exact) mass is 570 g/mol. The van der Waals surface area contributed by atoms with E-state index >= 15 is 0 Å². The van der Waals surface area contributed by atoms with E-state index in [2.05, 4.69) is 35.0 Å². The highest BCUT2D eigenvalue weighted by Gasteiger charge is 2.15. The van der Waals surface area contributed by atoms with Crippen molar-refractivity contribution >= 4 is 21.9 Å². The Morgan fingerprint density at radius 2 is 1.43 bits per heavy atom. The van der Waals surface area contributed by atoms with Gasteiger partial charge in [-0.15, -0.1) is 0 Å². The fourth-order valence-corrected chi connectivity index (χ4v) is 5.78. The van der Waals surface area contributed by atoms with Gasteiger partial charge in [-0.05, 0) is 77.0 Å². The molecule has 204 valence electrons. The molecule has 0 aromatic heterocycles. The number of halogens is 1. The molecule has 37 heavy (non-hydrogen) atoms. The zero-order valence-electron chi connectivity index (χ0n) is 22.9. The first-order valence-corrected chi connectivity index (χ1v) is 15.7. The van der Waals surface area contributed by atoms with Gasteiger partial charge in [0.1, 0.15) is 11.5 Å². The third-order valence-corrected chi connectivity index (χ3v) is 8.28. The predicted octanol–water partition coefficient (Wildman–Crippen LogP) is 10.5. The Morgan fingerprint density at radius 3 is 2.08 bits per heavy atom. The molecule has 0 aliphatic heterocycles. The van der Waals surface area contributed by atoms with E-state index in [0.29, 0.717) is 22.4 Å². The maximum absolute atomic E-state index is 12.7. The minimum atomic E-state index is -0.358. The summed E-state index contributed by atoms with van der Waals surface area (Å²) in [7, 11) is 0. The molecule has 0 saturated heterocycles. The van der Waals surface area contributed by atoms with E-state index in [4.69, 9.17) is 9.47 Å². The van der Waals surface area contributed by atoms with Crippen LogP contribution in [0.25, 0.3) is 0 Å². The Balaban J connectivity index is 1.32. The lowest BCUT2D eigenvalue weighted by Gasteiger charge is -2.21. The summed E-state index contributed by atoms with van der Waals surface area (Å²) in [5.74, 6) is 1.88. The lowest BCUT2D eigenvalue weighted by atomic mass is 9.85. The van der Waals surface area contributed by atoms with Gasteiger partial charge in [-0.2, -0.15) is 0 Å². The second-order valence-corrected chi connectivity index (χ2v) is 11.6. The number of unbranched alkanes of at least 4 members (excludes halogenated alkanes) is 9. The summed E-state index contributed by atoms with van der Waals surface area (Å²) in [6.07, 6.45) is 22.4. The Bertz CT molecular complexity index is 902. The molecule has 0 bridgehead atoms. The van der Waals surface area contributed by atoms with Crippen LogP contribution in [0.2, 0.25) is 0 Å². The SMILES string of the molecule is CCCCCCCCCCCCOc1ccc(C(=O)Oc2ccc(CCC3CCCCC3)cc2)c(Br)c1. The molecule has 0 N–H and O–H groups in total. The highest BCUT2D eigenvalue weighted by molar-refractivity contribution is 9.10. The molecule has 0 heterocycles. The van der Waals surface area contributed by atoms with Crippen molar-refractivity contribution in [1.82, 2.24) is 0 Å². The van der Waals surface area contributed by atoms with Crippen LogP contribution >= 0.6 is 15.9 Å². The second-order valence-electron chi connectivity index (χ2n) is 10.7. The van der Waals surface area contributed by atoms with Crippen molar-refractivity contribution in [1.29, 1.82) is 0 Å². The van der Waals surface area contributed by atoms with Crippen molar-refractivity contribution in [3.05, 3.63) is 58.1 Å². The molecule has 0 atom stereocenters. The molecular formula is C33H47BrO3. The molecule has 1 aliphatic rings. The number of hydrogen-bond acceptors (Lipinski definition) is 3. The quantitative estimate of drug-likeness (QED) is 0.108. The van der Waals surface area contributed by atoms with Gasteiger partial charge in [-0.3, -0.25) is 0 Å². The smallest absolute Gasteiger partial charge is 0.344 e. The van der Waals surface area contributed by atoms with Gasteiger partial charge in [-0.25, -0.2) is 4.79 Å². The van der Waals surface area contributed by atoms with Gasteiger partial charge in [0.15, 0.2) is 0 Å². The molecular weight excluding hydrogens is 524 g/mol. The van der Waals surface area contributed by atoms with Crippen molar-refractivity contribution in [3.63, 3.8) is 0 Å². The molecule has 3 rings (SSSR count). The summed E-state index contributed by atoms with van der Waals surface area (Å²) in [6, 6.07) is 13.5. The number of carbonyl (C=O) groups excluding carboxylic acids is 1. The average Bonchev–Trinajstić information content (AvgIpc) is 2.92. The summed E-state index contributed by atoms with van der Waals surface area (Å²) >= 11 is 3.52. The van der Waals surface area contributed by atoms with Crippen LogP contribution < -0.4 is 9.47 Å². The fourth-order valence-electron chi connectivity index (χ4n) is 5.26. The average molecular weight is 572 g/mol. The zero-order valence-corrected chi connectivity index (χ0v) is 24.5. The molecule has 1 aliphatic carbocycles. The molecule has 1 saturated carbocycles. The van der Waals surface area contributed by atoms with Crippen LogP contribution in [0.15, 0.2) is 46.9 Å². The van der Waals surface area contributed by atoms with Crippen molar-refractivity contribution in [2.45, 2.75) is 116 Å². The van der Waals surface area contributed by atoms with Crippen LogP contribution in [0.1, 0.15) is 126 Å². The number of hydrogen-bond donors (Lipinski definition) is 0. The van der Waals surface area contributed by atoms with E-state index in [-0.39, 0.29) is 5.97 Å². The first kappa shape index (κ1) is 29.7.